The molecular weight excluding hydrogens is 997 g/mol. The maximum Gasteiger partial charge on any atom is 0.409 e. The molecule has 7 saturated heterocycles. The van der Waals surface area contributed by atoms with E-state index < -0.39 is 17.8 Å². The fourth-order valence-electron chi connectivity index (χ4n) is 14.7. The summed E-state index contributed by atoms with van der Waals surface area (Å²) in [6.07, 6.45) is 12.0. The van der Waals surface area contributed by atoms with Gasteiger partial charge in [-0.3, -0.25) is 33.9 Å². The average Bonchev–Trinajstić information content (AvgIpc) is 4.20. The SMILES string of the molecule is CCc1c(F)ccc2cccc(-c3ncc4c(N5CC6CCC(C5)N6)nc(OC[C@@]56CCCN5[C@H](COC(=O)N5CCC(CN7CCC(c8ccc9c(c8)n(C)c(=O)n9C8CCC(=O)NC8=O)CC7)CC5)CC6)nc4c3F)c12. The third kappa shape index (κ3) is 9.16. The lowest BCUT2D eigenvalue weighted by atomic mass is 9.88. The molecule has 2 N–H and O–H groups in total. The third-order valence-corrected chi connectivity index (χ3v) is 18.9. The molecule has 7 aliphatic rings. The van der Waals surface area contributed by atoms with E-state index in [9.17, 15) is 19.2 Å². The zero-order chi connectivity index (χ0) is 53.4. The van der Waals surface area contributed by atoms with E-state index in [0.29, 0.717) is 96.3 Å². The minimum absolute atomic E-state index is 0.0577. The number of carbonyl (C=O) groups is 3. The zero-order valence-corrected chi connectivity index (χ0v) is 44.7. The first-order valence-corrected chi connectivity index (χ1v) is 28.6. The summed E-state index contributed by atoms with van der Waals surface area (Å²) in [5.74, 6) is -0.180. The molecule has 3 amide bonds. The molecule has 7 fully saturated rings. The van der Waals surface area contributed by atoms with E-state index in [2.05, 4.69) is 37.5 Å². The van der Waals surface area contributed by atoms with E-state index in [1.807, 2.05) is 30.0 Å². The van der Waals surface area contributed by atoms with E-state index in [1.165, 1.54) is 16.2 Å². The molecule has 7 aliphatic heterocycles. The molecule has 0 spiro atoms. The van der Waals surface area contributed by atoms with Gasteiger partial charge in [-0.1, -0.05) is 37.3 Å². The number of fused-ring (bicyclic) bond motifs is 6. The van der Waals surface area contributed by atoms with Gasteiger partial charge in [-0.2, -0.15) is 9.97 Å². The van der Waals surface area contributed by atoms with Gasteiger partial charge in [0.15, 0.2) is 5.82 Å². The van der Waals surface area contributed by atoms with Crippen LogP contribution in [-0.2, 0) is 27.8 Å². The van der Waals surface area contributed by atoms with E-state index in [4.69, 9.17) is 24.4 Å². The van der Waals surface area contributed by atoms with Gasteiger partial charge in [0, 0.05) is 76.1 Å². The van der Waals surface area contributed by atoms with E-state index in [1.54, 1.807) is 29.9 Å². The Labute approximate surface area is 451 Å². The number of rotatable bonds is 12. The number of likely N-dealkylation sites (tertiary alicyclic amines) is 2. The highest BCUT2D eigenvalue weighted by molar-refractivity contribution is 6.01. The van der Waals surface area contributed by atoms with Crippen molar-refractivity contribution in [3.05, 3.63) is 88.0 Å². The predicted molar refractivity (Wildman–Crippen MR) is 292 cm³/mol. The summed E-state index contributed by atoms with van der Waals surface area (Å²) in [7, 11) is 1.74. The number of nitrogens with one attached hydrogen (secondary N) is 2. The molecule has 17 nitrogen and oxygen atoms in total. The van der Waals surface area contributed by atoms with Crippen LogP contribution in [0.4, 0.5) is 19.4 Å². The highest BCUT2D eigenvalue weighted by atomic mass is 19.1. The van der Waals surface area contributed by atoms with Crippen LogP contribution >= 0.6 is 0 Å². The molecule has 2 bridgehead atoms. The molecule has 410 valence electrons. The number of carbonyl (C=O) groups excluding carboxylic acids is 3. The van der Waals surface area contributed by atoms with Crippen molar-refractivity contribution in [2.75, 3.05) is 70.5 Å². The van der Waals surface area contributed by atoms with Crippen LogP contribution in [0.3, 0.4) is 0 Å². The number of pyridine rings is 1. The number of imidazole rings is 1. The summed E-state index contributed by atoms with van der Waals surface area (Å²) in [5.41, 5.74) is 3.44. The standard InChI is InChI=1S/C59H69F2N11O6/c1-3-42-45(60)12-8-37-6-4-7-43(50(37)42)52-51(61)53-44(29-62-52)54(70-31-39-10-11-40(32-70)63-39)66-56(65-53)78-34-59-21-5-23-71(59)41(16-22-59)33-77-58(76)69-26-17-35(18-27-69)30-68-24-19-36(20-25-68)38-9-13-46-48(28-38)67(2)57(75)72(46)47-14-15-49(73)64-55(47)74/h4,6-9,12-13,28-29,35-36,39-41,47,63H,3,5,10-11,14-27,30-34H2,1-2H3,(H,64,73,74)/t39?,40?,41-,47?,59-/m0/s1. The second-order valence-electron chi connectivity index (χ2n) is 23.4. The molecule has 6 aromatic rings. The van der Waals surface area contributed by atoms with Crippen molar-refractivity contribution >= 4 is 56.4 Å². The Balaban J connectivity index is 0.624. The van der Waals surface area contributed by atoms with Crippen molar-refractivity contribution in [2.24, 2.45) is 13.0 Å². The summed E-state index contributed by atoms with van der Waals surface area (Å²) in [5, 5.41) is 8.06. The first-order valence-electron chi connectivity index (χ1n) is 28.6. The number of piperazine rings is 1. The number of aromatic nitrogens is 5. The number of halogens is 2. The van der Waals surface area contributed by atoms with Crippen LogP contribution < -0.4 is 26.0 Å². The van der Waals surface area contributed by atoms with E-state index >= 15 is 8.78 Å². The summed E-state index contributed by atoms with van der Waals surface area (Å²) in [6.45, 7) is 9.16. The number of imide groups is 1. The van der Waals surface area contributed by atoms with Crippen molar-refractivity contribution in [2.45, 2.75) is 126 Å². The normalized spacial score (nSPS) is 25.4. The van der Waals surface area contributed by atoms with Gasteiger partial charge in [-0.25, -0.2) is 18.4 Å². The summed E-state index contributed by atoms with van der Waals surface area (Å²) in [4.78, 5) is 75.1. The lowest BCUT2D eigenvalue weighted by molar-refractivity contribution is -0.135. The molecule has 78 heavy (non-hydrogen) atoms. The van der Waals surface area contributed by atoms with Gasteiger partial charge in [0.05, 0.1) is 22.0 Å². The minimum Gasteiger partial charge on any atom is -0.461 e. The number of amides is 3. The summed E-state index contributed by atoms with van der Waals surface area (Å²) >= 11 is 0. The van der Waals surface area contributed by atoms with E-state index in [-0.39, 0.29) is 58.7 Å². The molecular formula is C59H69F2N11O6. The van der Waals surface area contributed by atoms with Gasteiger partial charge in [0.1, 0.15) is 42.1 Å². The topological polar surface area (TPSA) is 172 Å². The number of benzene rings is 3. The fraction of sp³-hybridized carbons (Fsp3) is 0.542. The van der Waals surface area contributed by atoms with Crippen LogP contribution in [0.1, 0.15) is 107 Å². The molecule has 0 saturated carbocycles. The highest BCUT2D eigenvalue weighted by Crippen LogP contribution is 2.44. The predicted octanol–water partition coefficient (Wildman–Crippen LogP) is 7.36. The maximum absolute atomic E-state index is 17.3. The average molecular weight is 1070 g/mol. The molecule has 3 aromatic carbocycles. The van der Waals surface area contributed by atoms with E-state index in [0.717, 1.165) is 114 Å². The van der Waals surface area contributed by atoms with Crippen molar-refractivity contribution < 1.29 is 32.6 Å². The number of nitrogens with zero attached hydrogens (tertiary/aromatic N) is 9. The molecule has 5 atom stereocenters. The smallest absolute Gasteiger partial charge is 0.409 e. The van der Waals surface area contributed by atoms with Crippen molar-refractivity contribution in [1.82, 2.24) is 49.4 Å². The Hall–Kier alpha value is -6.57. The maximum atomic E-state index is 17.3. The Morgan fingerprint density at radius 1 is 0.872 bits per heavy atom. The van der Waals surface area contributed by atoms with Crippen LogP contribution in [0.2, 0.25) is 0 Å². The van der Waals surface area contributed by atoms with Gasteiger partial charge >= 0.3 is 17.8 Å². The number of ether oxygens (including phenoxy) is 2. The van der Waals surface area contributed by atoms with Gasteiger partial charge < -0.3 is 29.5 Å². The molecule has 19 heteroatoms. The lowest BCUT2D eigenvalue weighted by Gasteiger charge is -2.38. The highest BCUT2D eigenvalue weighted by Gasteiger charge is 2.50. The second kappa shape index (κ2) is 20.6. The number of anilines is 1. The van der Waals surface area contributed by atoms with Crippen LogP contribution in [0, 0.1) is 17.6 Å². The largest absolute Gasteiger partial charge is 0.461 e. The molecule has 10 heterocycles. The lowest BCUT2D eigenvalue weighted by Crippen LogP contribution is -2.51. The first kappa shape index (κ1) is 50.9. The van der Waals surface area contributed by atoms with Crippen LogP contribution in [-0.4, -0.2) is 146 Å². The van der Waals surface area contributed by atoms with Crippen molar-refractivity contribution in [3.63, 3.8) is 0 Å². The first-order chi connectivity index (χ1) is 37.9. The molecule has 0 aliphatic carbocycles. The summed E-state index contributed by atoms with van der Waals surface area (Å²) in [6, 6.07) is 15.0. The number of hydrogen-bond acceptors (Lipinski definition) is 13. The third-order valence-electron chi connectivity index (χ3n) is 18.9. The Morgan fingerprint density at radius 2 is 1.68 bits per heavy atom. The quantitative estimate of drug-likeness (QED) is 0.117. The minimum atomic E-state index is -0.701. The summed E-state index contributed by atoms with van der Waals surface area (Å²) < 4.78 is 48.4. The fourth-order valence-corrected chi connectivity index (χ4v) is 14.7. The zero-order valence-electron chi connectivity index (χ0n) is 44.7. The van der Waals surface area contributed by atoms with Gasteiger partial charge in [-0.05, 0) is 149 Å². The van der Waals surface area contributed by atoms with Crippen molar-refractivity contribution in [3.8, 4) is 17.3 Å². The Kier molecular flexibility index (Phi) is 13.4. The molecule has 3 aromatic heterocycles. The van der Waals surface area contributed by atoms with Crippen LogP contribution in [0.15, 0.2) is 59.5 Å². The molecule has 3 unspecified atom stereocenters. The Morgan fingerprint density at radius 3 is 2.46 bits per heavy atom. The Bertz CT molecular complexity index is 3390. The van der Waals surface area contributed by atoms with Crippen LogP contribution in [0.5, 0.6) is 6.01 Å². The van der Waals surface area contributed by atoms with Crippen LogP contribution in [0.25, 0.3) is 44.0 Å². The number of aryl methyl sites for hydroxylation is 2. The van der Waals surface area contributed by atoms with Gasteiger partial charge in [0.25, 0.3) is 0 Å². The monoisotopic (exact) mass is 1070 g/mol. The second-order valence-corrected chi connectivity index (χ2v) is 23.4. The van der Waals surface area contributed by atoms with Gasteiger partial charge in [-0.15, -0.1) is 0 Å². The molecule has 13 rings (SSSR count). The molecule has 0 radical (unpaired) electrons. The van der Waals surface area contributed by atoms with Gasteiger partial charge in [0.2, 0.25) is 11.8 Å². The van der Waals surface area contributed by atoms with Crippen molar-refractivity contribution in [1.29, 1.82) is 0 Å². The number of hydrogen-bond donors (Lipinski definition) is 2. The number of piperidine rings is 3.